The average Bonchev–Trinajstić information content (AvgIpc) is 2.45. The number of guanidine groups is 1. The van der Waals surface area contributed by atoms with Crippen molar-refractivity contribution in [2.24, 2.45) is 4.99 Å². The molecule has 136 valence electrons. The highest BCUT2D eigenvalue weighted by Gasteiger charge is 2.29. The van der Waals surface area contributed by atoms with Crippen LogP contribution in [0.4, 0.5) is 13.2 Å². The Labute approximate surface area is 140 Å². The molecule has 0 radical (unpaired) electrons. The molecule has 0 amide bonds. The molecule has 1 aromatic carbocycles. The molecule has 24 heavy (non-hydrogen) atoms. The fourth-order valence-corrected chi connectivity index (χ4v) is 2.27. The lowest BCUT2D eigenvalue weighted by Crippen LogP contribution is -2.38. The lowest BCUT2D eigenvalue weighted by molar-refractivity contribution is -0.137. The summed E-state index contributed by atoms with van der Waals surface area (Å²) in [7, 11) is -3.07. The minimum Gasteiger partial charge on any atom is -0.357 e. The van der Waals surface area contributed by atoms with Crippen LogP contribution in [0.15, 0.2) is 29.3 Å². The number of benzene rings is 1. The van der Waals surface area contributed by atoms with E-state index in [-0.39, 0.29) is 12.3 Å². The second kappa shape index (κ2) is 8.91. The maximum atomic E-state index is 12.5. The van der Waals surface area contributed by atoms with Crippen LogP contribution < -0.4 is 10.6 Å². The average molecular weight is 365 g/mol. The van der Waals surface area contributed by atoms with Crippen LogP contribution in [0.3, 0.4) is 0 Å². The highest BCUT2D eigenvalue weighted by molar-refractivity contribution is 7.90. The second-order valence-corrected chi connectivity index (χ2v) is 7.52. The van der Waals surface area contributed by atoms with E-state index in [1.165, 1.54) is 12.1 Å². The lowest BCUT2D eigenvalue weighted by atomic mass is 10.1. The molecule has 0 fully saturated rings. The fraction of sp³-hybridized carbons (Fsp3) is 0.533. The normalized spacial score (nSPS) is 13.0. The molecule has 1 rings (SSSR count). The number of nitrogens with zero attached hydrogens (tertiary/aromatic N) is 1. The Hall–Kier alpha value is -1.77. The molecule has 0 heterocycles. The zero-order valence-electron chi connectivity index (χ0n) is 13.7. The summed E-state index contributed by atoms with van der Waals surface area (Å²) >= 11 is 0. The molecule has 1 aromatic rings. The van der Waals surface area contributed by atoms with Crippen LogP contribution in [0.5, 0.6) is 0 Å². The van der Waals surface area contributed by atoms with Crippen LogP contribution in [-0.4, -0.2) is 46.0 Å². The zero-order chi connectivity index (χ0) is 18.2. The van der Waals surface area contributed by atoms with E-state index in [0.29, 0.717) is 25.5 Å². The van der Waals surface area contributed by atoms with Crippen LogP contribution in [0.1, 0.15) is 18.1 Å². The van der Waals surface area contributed by atoms with Crippen LogP contribution in [0.2, 0.25) is 0 Å². The SMILES string of the molecule is CCNC(=NCCS(C)(=O)=O)NCCc1ccc(C(F)(F)F)cc1. The minimum atomic E-state index is -4.33. The van der Waals surface area contributed by atoms with Crippen molar-refractivity contribution in [1.82, 2.24) is 10.6 Å². The number of alkyl halides is 3. The van der Waals surface area contributed by atoms with Crippen molar-refractivity contribution in [3.63, 3.8) is 0 Å². The van der Waals surface area contributed by atoms with Crippen LogP contribution >= 0.6 is 0 Å². The third kappa shape index (κ3) is 8.19. The molecule has 0 unspecified atom stereocenters. The Bertz CT molecular complexity index is 641. The topological polar surface area (TPSA) is 70.6 Å². The van der Waals surface area contributed by atoms with Crippen molar-refractivity contribution in [3.05, 3.63) is 35.4 Å². The monoisotopic (exact) mass is 365 g/mol. The molecular weight excluding hydrogens is 343 g/mol. The van der Waals surface area contributed by atoms with Crippen molar-refractivity contribution >= 4 is 15.8 Å². The molecule has 2 N–H and O–H groups in total. The van der Waals surface area contributed by atoms with Gasteiger partial charge in [-0.3, -0.25) is 4.99 Å². The summed E-state index contributed by atoms with van der Waals surface area (Å²) in [6.45, 7) is 3.11. The van der Waals surface area contributed by atoms with Gasteiger partial charge in [-0.15, -0.1) is 0 Å². The van der Waals surface area contributed by atoms with Gasteiger partial charge in [0.25, 0.3) is 0 Å². The van der Waals surface area contributed by atoms with Gasteiger partial charge in [-0.05, 0) is 31.0 Å². The Balaban J connectivity index is 2.51. The summed E-state index contributed by atoms with van der Waals surface area (Å²) in [6.07, 6.45) is -2.66. The molecule has 9 heteroatoms. The number of hydrogen-bond donors (Lipinski definition) is 2. The number of halogens is 3. The molecule has 5 nitrogen and oxygen atoms in total. The minimum absolute atomic E-state index is 0.0392. The van der Waals surface area contributed by atoms with Crippen molar-refractivity contribution in [1.29, 1.82) is 0 Å². The first-order valence-corrected chi connectivity index (χ1v) is 9.54. The summed E-state index contributed by atoms with van der Waals surface area (Å²) in [5.41, 5.74) is 0.0948. The van der Waals surface area contributed by atoms with Crippen molar-refractivity contribution < 1.29 is 21.6 Å². The van der Waals surface area contributed by atoms with Gasteiger partial charge in [0.05, 0.1) is 17.9 Å². The lowest BCUT2D eigenvalue weighted by Gasteiger charge is -2.12. The van der Waals surface area contributed by atoms with Gasteiger partial charge in [-0.1, -0.05) is 12.1 Å². The summed E-state index contributed by atoms with van der Waals surface area (Å²) in [6, 6.07) is 5.00. The van der Waals surface area contributed by atoms with Crippen LogP contribution in [0, 0.1) is 0 Å². The van der Waals surface area contributed by atoms with E-state index in [1.807, 2.05) is 6.92 Å². The molecule has 0 atom stereocenters. The van der Waals surface area contributed by atoms with Gasteiger partial charge in [0.2, 0.25) is 0 Å². The zero-order valence-corrected chi connectivity index (χ0v) is 14.5. The summed E-state index contributed by atoms with van der Waals surface area (Å²) in [5.74, 6) is 0.440. The predicted octanol–water partition coefficient (Wildman–Crippen LogP) is 1.85. The Kier molecular flexibility index (Phi) is 7.53. The Morgan fingerprint density at radius 2 is 1.79 bits per heavy atom. The number of aliphatic imine (C=N–C) groups is 1. The smallest absolute Gasteiger partial charge is 0.357 e. The Morgan fingerprint density at radius 1 is 1.17 bits per heavy atom. The summed E-state index contributed by atoms with van der Waals surface area (Å²) in [5, 5.41) is 6.00. The number of hydrogen-bond acceptors (Lipinski definition) is 3. The standard InChI is InChI=1S/C15H22F3N3O2S/c1-3-19-14(21-10-11-24(2,22)23)20-9-8-12-4-6-13(7-5-12)15(16,17)18/h4-7H,3,8-11H2,1-2H3,(H2,19,20,21). The first-order chi connectivity index (χ1) is 11.1. The number of sulfone groups is 1. The van der Waals surface area contributed by atoms with Gasteiger partial charge >= 0.3 is 6.18 Å². The predicted molar refractivity (Wildman–Crippen MR) is 88.8 cm³/mol. The molecule has 0 saturated heterocycles. The Morgan fingerprint density at radius 3 is 2.29 bits per heavy atom. The third-order valence-electron chi connectivity index (χ3n) is 3.06. The van der Waals surface area contributed by atoms with Gasteiger partial charge in [0, 0.05) is 19.3 Å². The van der Waals surface area contributed by atoms with Crippen LogP contribution in [0.25, 0.3) is 0 Å². The quantitative estimate of drug-likeness (QED) is 0.571. The summed E-state index contributed by atoms with van der Waals surface area (Å²) in [4.78, 5) is 4.14. The first-order valence-electron chi connectivity index (χ1n) is 7.48. The van der Waals surface area contributed by atoms with E-state index in [9.17, 15) is 21.6 Å². The van der Waals surface area contributed by atoms with E-state index in [0.717, 1.165) is 24.0 Å². The van der Waals surface area contributed by atoms with Gasteiger partial charge in [0.15, 0.2) is 5.96 Å². The second-order valence-electron chi connectivity index (χ2n) is 5.26. The molecule has 0 saturated carbocycles. The van der Waals surface area contributed by atoms with Gasteiger partial charge < -0.3 is 10.6 Å². The number of nitrogens with one attached hydrogen (secondary N) is 2. The first kappa shape index (κ1) is 20.3. The van der Waals surface area contributed by atoms with E-state index >= 15 is 0 Å². The molecule has 0 aliphatic rings. The van der Waals surface area contributed by atoms with Gasteiger partial charge in [0.1, 0.15) is 9.84 Å². The maximum absolute atomic E-state index is 12.5. The van der Waals surface area contributed by atoms with Gasteiger partial charge in [-0.2, -0.15) is 13.2 Å². The molecule has 0 aromatic heterocycles. The molecule has 0 aliphatic carbocycles. The third-order valence-corrected chi connectivity index (χ3v) is 3.99. The maximum Gasteiger partial charge on any atom is 0.416 e. The molecule has 0 aliphatic heterocycles. The van der Waals surface area contributed by atoms with Crippen LogP contribution in [-0.2, 0) is 22.4 Å². The largest absolute Gasteiger partial charge is 0.416 e. The van der Waals surface area contributed by atoms with E-state index in [4.69, 9.17) is 0 Å². The van der Waals surface area contributed by atoms with E-state index in [1.54, 1.807) is 0 Å². The molecule has 0 spiro atoms. The number of rotatable bonds is 7. The fourth-order valence-electron chi connectivity index (χ4n) is 1.85. The molecular formula is C15H22F3N3O2S. The van der Waals surface area contributed by atoms with Crippen molar-refractivity contribution in [2.75, 3.05) is 31.6 Å². The van der Waals surface area contributed by atoms with Gasteiger partial charge in [-0.25, -0.2) is 8.42 Å². The summed E-state index contributed by atoms with van der Waals surface area (Å²) < 4.78 is 59.6. The highest BCUT2D eigenvalue weighted by Crippen LogP contribution is 2.29. The van der Waals surface area contributed by atoms with E-state index < -0.39 is 21.6 Å². The van der Waals surface area contributed by atoms with Crippen molar-refractivity contribution in [3.8, 4) is 0 Å². The van der Waals surface area contributed by atoms with Crippen molar-refractivity contribution in [2.45, 2.75) is 19.5 Å². The molecule has 0 bridgehead atoms. The highest BCUT2D eigenvalue weighted by atomic mass is 32.2. The van der Waals surface area contributed by atoms with E-state index in [2.05, 4.69) is 15.6 Å².